The van der Waals surface area contributed by atoms with Crippen molar-refractivity contribution in [2.75, 3.05) is 27.2 Å². The molecule has 1 atom stereocenters. The molecule has 1 aromatic carbocycles. The van der Waals surface area contributed by atoms with Gasteiger partial charge < -0.3 is 9.80 Å². The zero-order valence-corrected chi connectivity index (χ0v) is 14.3. The van der Waals surface area contributed by atoms with E-state index < -0.39 is 0 Å². The molecule has 0 radical (unpaired) electrons. The first-order chi connectivity index (χ1) is 11.6. The fraction of sp³-hybridized carbons (Fsp3) is 0.529. The van der Waals surface area contributed by atoms with Crippen molar-refractivity contribution in [3.8, 4) is 0 Å². The highest BCUT2D eigenvalue weighted by atomic mass is 16.2. The summed E-state index contributed by atoms with van der Waals surface area (Å²) in [5.74, 6) is 0.128. The number of benzene rings is 1. The molecule has 3 rings (SSSR count). The lowest BCUT2D eigenvalue weighted by atomic mass is 10.1. The average Bonchev–Trinajstić information content (AvgIpc) is 2.96. The Kier molecular flexibility index (Phi) is 5.20. The molecule has 0 bridgehead atoms. The molecule has 0 N–H and O–H groups in total. The van der Waals surface area contributed by atoms with Gasteiger partial charge in [0.2, 0.25) is 0 Å². The van der Waals surface area contributed by atoms with Crippen LogP contribution in [0.4, 0.5) is 0 Å². The van der Waals surface area contributed by atoms with Gasteiger partial charge in [0.25, 0.3) is 5.91 Å². The summed E-state index contributed by atoms with van der Waals surface area (Å²) in [5, 5.41) is 11.1. The Balaban J connectivity index is 1.62. The average molecular weight is 328 g/mol. The quantitative estimate of drug-likeness (QED) is 0.846. The third-order valence-electron chi connectivity index (χ3n) is 4.65. The third kappa shape index (κ3) is 3.97. The molecule has 1 aromatic heterocycles. The number of nitrogens with zero attached hydrogens (tertiary/aromatic N) is 6. The molecule has 7 nitrogen and oxygen atoms in total. The summed E-state index contributed by atoms with van der Waals surface area (Å²) in [5.41, 5.74) is 1.82. The van der Waals surface area contributed by atoms with Gasteiger partial charge >= 0.3 is 0 Å². The first kappa shape index (κ1) is 16.6. The van der Waals surface area contributed by atoms with Crippen molar-refractivity contribution in [2.45, 2.75) is 31.8 Å². The predicted molar refractivity (Wildman–Crippen MR) is 90.6 cm³/mol. The molecule has 0 saturated carbocycles. The van der Waals surface area contributed by atoms with Crippen LogP contribution in [0.2, 0.25) is 0 Å². The van der Waals surface area contributed by atoms with Gasteiger partial charge in [-0.25, -0.2) is 4.68 Å². The highest BCUT2D eigenvalue weighted by Gasteiger charge is 2.22. The summed E-state index contributed by atoms with van der Waals surface area (Å²) in [6.45, 7) is 2.28. The van der Waals surface area contributed by atoms with E-state index in [9.17, 15) is 4.79 Å². The zero-order valence-electron chi connectivity index (χ0n) is 14.3. The normalized spacial score (nSPS) is 18.6. The zero-order chi connectivity index (χ0) is 16.9. The summed E-state index contributed by atoms with van der Waals surface area (Å²) in [7, 11) is 4.23. The lowest BCUT2D eigenvalue weighted by Gasteiger charge is -2.23. The Morgan fingerprint density at radius 3 is 2.67 bits per heavy atom. The van der Waals surface area contributed by atoms with Gasteiger partial charge in [-0.3, -0.25) is 4.79 Å². The number of carbonyl (C=O) groups is 1. The van der Waals surface area contributed by atoms with Crippen molar-refractivity contribution in [2.24, 2.45) is 0 Å². The van der Waals surface area contributed by atoms with Gasteiger partial charge in [0.1, 0.15) is 6.33 Å². The van der Waals surface area contributed by atoms with E-state index in [0.29, 0.717) is 12.6 Å². The largest absolute Gasteiger partial charge is 0.339 e. The topological polar surface area (TPSA) is 67.2 Å². The summed E-state index contributed by atoms with van der Waals surface area (Å²) < 4.78 is 1.66. The maximum atomic E-state index is 12.7. The molecule has 2 aromatic rings. The third-order valence-corrected chi connectivity index (χ3v) is 4.65. The fourth-order valence-corrected chi connectivity index (χ4v) is 3.17. The smallest absolute Gasteiger partial charge is 0.253 e. The second kappa shape index (κ2) is 7.53. The Bertz CT molecular complexity index is 652. The minimum atomic E-state index is 0.128. The first-order valence-electron chi connectivity index (χ1n) is 8.39. The monoisotopic (exact) mass is 328 g/mol. The summed E-state index contributed by atoms with van der Waals surface area (Å²) >= 11 is 0. The summed E-state index contributed by atoms with van der Waals surface area (Å²) in [6.07, 6.45) is 4.83. The van der Waals surface area contributed by atoms with E-state index in [1.54, 1.807) is 11.0 Å². The molecular weight excluding hydrogens is 304 g/mol. The molecule has 0 aliphatic carbocycles. The number of rotatable bonds is 4. The van der Waals surface area contributed by atoms with Crippen molar-refractivity contribution >= 4 is 5.91 Å². The van der Waals surface area contributed by atoms with Crippen LogP contribution in [0.1, 0.15) is 35.2 Å². The maximum absolute atomic E-state index is 12.7. The molecule has 1 fully saturated rings. The number of hydrogen-bond donors (Lipinski definition) is 0. The maximum Gasteiger partial charge on any atom is 0.253 e. The molecule has 1 aliphatic rings. The standard InChI is InChI=1S/C17H24N6O/c1-21(2)16-4-3-10-22(11-9-16)17(24)15-7-5-14(6-8-15)12-23-13-18-19-20-23/h5-8,13,16H,3-4,9-12H2,1-2H3/t16-/m1/s1. The fourth-order valence-electron chi connectivity index (χ4n) is 3.17. The van der Waals surface area contributed by atoms with Gasteiger partial charge in [0, 0.05) is 24.7 Å². The van der Waals surface area contributed by atoms with Gasteiger partial charge in [-0.2, -0.15) is 0 Å². The van der Waals surface area contributed by atoms with Crippen molar-refractivity contribution in [3.05, 3.63) is 41.7 Å². The van der Waals surface area contributed by atoms with Crippen LogP contribution in [-0.2, 0) is 6.54 Å². The molecule has 7 heteroatoms. The number of hydrogen-bond acceptors (Lipinski definition) is 5. The van der Waals surface area contributed by atoms with Gasteiger partial charge in [0.05, 0.1) is 6.54 Å². The molecule has 128 valence electrons. The highest BCUT2D eigenvalue weighted by Crippen LogP contribution is 2.17. The van der Waals surface area contributed by atoms with Crippen LogP contribution in [0.5, 0.6) is 0 Å². The number of aromatic nitrogens is 4. The lowest BCUT2D eigenvalue weighted by Crippen LogP contribution is -2.33. The van der Waals surface area contributed by atoms with E-state index in [4.69, 9.17) is 0 Å². The summed E-state index contributed by atoms with van der Waals surface area (Å²) in [6, 6.07) is 8.30. The van der Waals surface area contributed by atoms with Crippen molar-refractivity contribution in [1.29, 1.82) is 0 Å². The second-order valence-corrected chi connectivity index (χ2v) is 6.54. The number of tetrazole rings is 1. The molecular formula is C17H24N6O. The number of likely N-dealkylation sites (tertiary alicyclic amines) is 1. The molecule has 0 spiro atoms. The van der Waals surface area contributed by atoms with E-state index in [0.717, 1.165) is 43.5 Å². The highest BCUT2D eigenvalue weighted by molar-refractivity contribution is 5.94. The van der Waals surface area contributed by atoms with Crippen LogP contribution in [0.15, 0.2) is 30.6 Å². The molecule has 2 heterocycles. The van der Waals surface area contributed by atoms with Crippen LogP contribution >= 0.6 is 0 Å². The van der Waals surface area contributed by atoms with Gasteiger partial charge in [-0.1, -0.05) is 12.1 Å². The van der Waals surface area contributed by atoms with E-state index in [2.05, 4.69) is 34.5 Å². The van der Waals surface area contributed by atoms with E-state index in [1.807, 2.05) is 29.2 Å². The van der Waals surface area contributed by atoms with Crippen LogP contribution in [0, 0.1) is 0 Å². The SMILES string of the molecule is CN(C)[C@@H]1CCCN(C(=O)c2ccc(Cn3cnnn3)cc2)CC1. The Hall–Kier alpha value is -2.28. The van der Waals surface area contributed by atoms with Gasteiger partial charge in [-0.15, -0.1) is 5.10 Å². The van der Waals surface area contributed by atoms with E-state index in [-0.39, 0.29) is 5.91 Å². The molecule has 0 unspecified atom stereocenters. The molecule has 1 aliphatic heterocycles. The Labute approximate surface area is 142 Å². The number of amides is 1. The minimum Gasteiger partial charge on any atom is -0.339 e. The van der Waals surface area contributed by atoms with Crippen LogP contribution in [0.3, 0.4) is 0 Å². The minimum absolute atomic E-state index is 0.128. The number of carbonyl (C=O) groups excluding carboxylic acids is 1. The molecule has 24 heavy (non-hydrogen) atoms. The lowest BCUT2D eigenvalue weighted by molar-refractivity contribution is 0.0758. The van der Waals surface area contributed by atoms with E-state index in [1.165, 1.54) is 0 Å². The van der Waals surface area contributed by atoms with Gasteiger partial charge in [0.15, 0.2) is 0 Å². The Morgan fingerprint density at radius 2 is 2.00 bits per heavy atom. The molecule has 1 saturated heterocycles. The van der Waals surface area contributed by atoms with E-state index >= 15 is 0 Å². The first-order valence-corrected chi connectivity index (χ1v) is 8.39. The second-order valence-electron chi connectivity index (χ2n) is 6.54. The van der Waals surface area contributed by atoms with Crippen molar-refractivity contribution < 1.29 is 4.79 Å². The van der Waals surface area contributed by atoms with Crippen molar-refractivity contribution in [1.82, 2.24) is 30.0 Å². The van der Waals surface area contributed by atoms with Crippen LogP contribution in [0.25, 0.3) is 0 Å². The molecule has 1 amide bonds. The van der Waals surface area contributed by atoms with Gasteiger partial charge in [-0.05, 0) is 61.5 Å². The predicted octanol–water partition coefficient (Wildman–Crippen LogP) is 1.28. The summed E-state index contributed by atoms with van der Waals surface area (Å²) in [4.78, 5) is 17.0. The van der Waals surface area contributed by atoms with Crippen LogP contribution in [-0.4, -0.2) is 69.1 Å². The Morgan fingerprint density at radius 1 is 1.21 bits per heavy atom. The van der Waals surface area contributed by atoms with Crippen molar-refractivity contribution in [3.63, 3.8) is 0 Å². The van der Waals surface area contributed by atoms with Crippen LogP contribution < -0.4 is 0 Å².